The largest absolute Gasteiger partial charge is 0.390 e. The van der Waals surface area contributed by atoms with E-state index in [9.17, 15) is 10.2 Å². The highest BCUT2D eigenvalue weighted by Gasteiger charge is 2.35. The quantitative estimate of drug-likeness (QED) is 0.700. The summed E-state index contributed by atoms with van der Waals surface area (Å²) in [6.07, 6.45) is 13.8. The van der Waals surface area contributed by atoms with E-state index in [1.807, 2.05) is 0 Å². The van der Waals surface area contributed by atoms with Gasteiger partial charge in [0, 0.05) is 0 Å². The SMILES string of the molecule is CCCC1CCC(C(O)C(O)C2CCC(CCC)CC2)CC1. The molecule has 2 heteroatoms. The van der Waals surface area contributed by atoms with Gasteiger partial charge in [0.2, 0.25) is 0 Å². The maximum atomic E-state index is 10.6. The minimum atomic E-state index is -0.477. The van der Waals surface area contributed by atoms with Crippen LogP contribution in [0.5, 0.6) is 0 Å². The first-order valence-electron chi connectivity index (χ1n) is 10.0. The molecule has 0 amide bonds. The lowest BCUT2D eigenvalue weighted by Gasteiger charge is -2.38. The van der Waals surface area contributed by atoms with Gasteiger partial charge in [-0.1, -0.05) is 65.2 Å². The van der Waals surface area contributed by atoms with Crippen molar-refractivity contribution in [3.8, 4) is 0 Å². The second kappa shape index (κ2) is 9.27. The molecule has 2 aliphatic rings. The first kappa shape index (κ1) is 18.3. The van der Waals surface area contributed by atoms with Gasteiger partial charge in [0.15, 0.2) is 0 Å². The van der Waals surface area contributed by atoms with Crippen LogP contribution in [0.3, 0.4) is 0 Å². The fraction of sp³-hybridized carbons (Fsp3) is 1.00. The third kappa shape index (κ3) is 4.96. The Labute approximate surface area is 137 Å². The zero-order valence-corrected chi connectivity index (χ0v) is 14.8. The molecule has 130 valence electrons. The second-order valence-corrected chi connectivity index (χ2v) is 8.12. The van der Waals surface area contributed by atoms with E-state index < -0.39 is 12.2 Å². The molecular formula is C20H38O2. The van der Waals surface area contributed by atoms with Crippen LogP contribution in [0.2, 0.25) is 0 Å². The second-order valence-electron chi connectivity index (χ2n) is 8.12. The summed E-state index contributed by atoms with van der Waals surface area (Å²) in [5, 5.41) is 21.3. The van der Waals surface area contributed by atoms with Crippen molar-refractivity contribution in [3.05, 3.63) is 0 Å². The van der Waals surface area contributed by atoms with Crippen LogP contribution in [0.4, 0.5) is 0 Å². The molecule has 2 nitrogen and oxygen atoms in total. The average molecular weight is 311 g/mol. The van der Waals surface area contributed by atoms with Crippen molar-refractivity contribution in [2.45, 2.75) is 103 Å². The van der Waals surface area contributed by atoms with Crippen LogP contribution in [0, 0.1) is 23.7 Å². The van der Waals surface area contributed by atoms with E-state index in [-0.39, 0.29) is 0 Å². The Morgan fingerprint density at radius 3 is 1.23 bits per heavy atom. The molecule has 0 spiro atoms. The number of aliphatic hydroxyl groups is 2. The van der Waals surface area contributed by atoms with Gasteiger partial charge in [-0.3, -0.25) is 0 Å². The molecule has 0 aliphatic heterocycles. The predicted octanol–water partition coefficient (Wildman–Crippen LogP) is 4.92. The van der Waals surface area contributed by atoms with Crippen LogP contribution in [0.25, 0.3) is 0 Å². The summed E-state index contributed by atoms with van der Waals surface area (Å²) in [5.74, 6) is 2.43. The predicted molar refractivity (Wildman–Crippen MR) is 92.7 cm³/mol. The highest BCUT2D eigenvalue weighted by Crippen LogP contribution is 2.38. The fourth-order valence-corrected chi connectivity index (χ4v) is 5.01. The molecule has 2 atom stereocenters. The Kier molecular flexibility index (Phi) is 7.70. The molecule has 2 fully saturated rings. The molecule has 0 heterocycles. The first-order valence-corrected chi connectivity index (χ1v) is 10.0. The molecule has 0 bridgehead atoms. The van der Waals surface area contributed by atoms with E-state index in [2.05, 4.69) is 13.8 Å². The summed E-state index contributed by atoms with van der Waals surface area (Å²) in [7, 11) is 0. The Bertz CT molecular complexity index is 258. The molecule has 2 saturated carbocycles. The van der Waals surface area contributed by atoms with Crippen molar-refractivity contribution in [3.63, 3.8) is 0 Å². The van der Waals surface area contributed by atoms with Gasteiger partial charge in [0.1, 0.15) is 0 Å². The van der Waals surface area contributed by atoms with E-state index in [4.69, 9.17) is 0 Å². The third-order valence-electron chi connectivity index (χ3n) is 6.49. The lowest BCUT2D eigenvalue weighted by molar-refractivity contribution is -0.0679. The minimum Gasteiger partial charge on any atom is -0.390 e. The van der Waals surface area contributed by atoms with Gasteiger partial charge >= 0.3 is 0 Å². The zero-order chi connectivity index (χ0) is 15.9. The Morgan fingerprint density at radius 2 is 0.955 bits per heavy atom. The maximum absolute atomic E-state index is 10.6. The number of hydrogen-bond donors (Lipinski definition) is 2. The van der Waals surface area contributed by atoms with E-state index in [1.54, 1.807) is 0 Å². The van der Waals surface area contributed by atoms with E-state index in [0.29, 0.717) is 11.8 Å². The van der Waals surface area contributed by atoms with Crippen molar-refractivity contribution in [1.29, 1.82) is 0 Å². The molecule has 2 unspecified atom stereocenters. The molecule has 22 heavy (non-hydrogen) atoms. The Hall–Kier alpha value is -0.0800. The minimum absolute atomic E-state index is 0.344. The standard InChI is InChI=1S/C20H38O2/c1-3-5-15-7-11-17(12-8-15)19(21)20(22)18-13-9-16(6-4-2)10-14-18/h15-22H,3-14H2,1-2H3. The molecule has 0 aromatic carbocycles. The van der Waals surface area contributed by atoms with Crippen LogP contribution in [-0.4, -0.2) is 22.4 Å². The normalized spacial score (nSPS) is 36.0. The molecule has 0 aromatic rings. The van der Waals surface area contributed by atoms with E-state index >= 15 is 0 Å². The van der Waals surface area contributed by atoms with Crippen LogP contribution < -0.4 is 0 Å². The monoisotopic (exact) mass is 310 g/mol. The van der Waals surface area contributed by atoms with Crippen molar-refractivity contribution >= 4 is 0 Å². The van der Waals surface area contributed by atoms with Gasteiger partial charge in [-0.05, 0) is 49.4 Å². The number of rotatable bonds is 7. The van der Waals surface area contributed by atoms with Crippen LogP contribution in [-0.2, 0) is 0 Å². The van der Waals surface area contributed by atoms with Crippen LogP contribution in [0.15, 0.2) is 0 Å². The van der Waals surface area contributed by atoms with Gasteiger partial charge < -0.3 is 10.2 Å². The highest BCUT2D eigenvalue weighted by molar-refractivity contribution is 4.87. The van der Waals surface area contributed by atoms with Crippen molar-refractivity contribution in [2.75, 3.05) is 0 Å². The van der Waals surface area contributed by atoms with Gasteiger partial charge in [0.05, 0.1) is 12.2 Å². The summed E-state index contributed by atoms with van der Waals surface area (Å²) in [5.41, 5.74) is 0. The third-order valence-corrected chi connectivity index (χ3v) is 6.49. The summed E-state index contributed by atoms with van der Waals surface area (Å²) in [4.78, 5) is 0. The lowest BCUT2D eigenvalue weighted by atomic mass is 9.72. The Morgan fingerprint density at radius 1 is 0.636 bits per heavy atom. The summed E-state index contributed by atoms with van der Waals surface area (Å²) in [6.45, 7) is 4.53. The number of aliphatic hydroxyl groups excluding tert-OH is 2. The van der Waals surface area contributed by atoms with Gasteiger partial charge in [-0.2, -0.15) is 0 Å². The molecule has 2 N–H and O–H groups in total. The van der Waals surface area contributed by atoms with Crippen molar-refractivity contribution < 1.29 is 10.2 Å². The maximum Gasteiger partial charge on any atom is 0.0829 e. The molecule has 0 saturated heterocycles. The van der Waals surface area contributed by atoms with Crippen LogP contribution in [0.1, 0.15) is 90.9 Å². The van der Waals surface area contributed by atoms with Gasteiger partial charge in [0.25, 0.3) is 0 Å². The summed E-state index contributed by atoms with van der Waals surface area (Å²) in [6, 6.07) is 0. The highest BCUT2D eigenvalue weighted by atomic mass is 16.3. The van der Waals surface area contributed by atoms with Crippen molar-refractivity contribution in [2.24, 2.45) is 23.7 Å². The molecule has 0 aromatic heterocycles. The molecule has 2 aliphatic carbocycles. The summed E-state index contributed by atoms with van der Waals surface area (Å²) >= 11 is 0. The Balaban J connectivity index is 1.74. The first-order chi connectivity index (χ1) is 10.7. The van der Waals surface area contributed by atoms with Gasteiger partial charge in [-0.25, -0.2) is 0 Å². The molecule has 2 rings (SSSR count). The smallest absolute Gasteiger partial charge is 0.0829 e. The van der Waals surface area contributed by atoms with Gasteiger partial charge in [-0.15, -0.1) is 0 Å². The molecule has 0 radical (unpaired) electrons. The zero-order valence-electron chi connectivity index (χ0n) is 14.8. The van der Waals surface area contributed by atoms with E-state index in [0.717, 1.165) is 37.5 Å². The fourth-order valence-electron chi connectivity index (χ4n) is 5.01. The van der Waals surface area contributed by atoms with Crippen LogP contribution >= 0.6 is 0 Å². The summed E-state index contributed by atoms with van der Waals surface area (Å²) < 4.78 is 0. The lowest BCUT2D eigenvalue weighted by Crippen LogP contribution is -2.41. The van der Waals surface area contributed by atoms with E-state index in [1.165, 1.54) is 51.4 Å². The van der Waals surface area contributed by atoms with Crippen molar-refractivity contribution in [1.82, 2.24) is 0 Å². The molecular weight excluding hydrogens is 272 g/mol. The topological polar surface area (TPSA) is 40.5 Å². The average Bonchev–Trinajstić information content (AvgIpc) is 2.55. The number of hydrogen-bond acceptors (Lipinski definition) is 2.